The van der Waals surface area contributed by atoms with E-state index >= 15 is 0 Å². The van der Waals surface area contributed by atoms with E-state index in [1.54, 1.807) is 39.2 Å². The predicted molar refractivity (Wildman–Crippen MR) is 73.5 cm³/mol. The summed E-state index contributed by atoms with van der Waals surface area (Å²) in [5, 5.41) is 6.49. The highest BCUT2D eigenvalue weighted by atomic mass is 16.5. The third-order valence-electron chi connectivity index (χ3n) is 3.03. The fourth-order valence-corrected chi connectivity index (χ4v) is 1.71. The van der Waals surface area contributed by atoms with Crippen molar-refractivity contribution < 1.29 is 18.8 Å². The summed E-state index contributed by atoms with van der Waals surface area (Å²) in [7, 11) is 3.09. The molecule has 20 heavy (non-hydrogen) atoms. The SMILES string of the molecule is COc1ccc(NC(=O)c2noc(C)c2C)c(OC)c1. The largest absolute Gasteiger partial charge is 0.497 e. The van der Waals surface area contributed by atoms with E-state index < -0.39 is 0 Å². The van der Waals surface area contributed by atoms with Crippen LogP contribution in [0.2, 0.25) is 0 Å². The molecule has 6 nitrogen and oxygen atoms in total. The zero-order valence-electron chi connectivity index (χ0n) is 11.8. The smallest absolute Gasteiger partial charge is 0.278 e. The molecular weight excluding hydrogens is 260 g/mol. The fourth-order valence-electron chi connectivity index (χ4n) is 1.71. The second kappa shape index (κ2) is 5.64. The summed E-state index contributed by atoms with van der Waals surface area (Å²) in [6.07, 6.45) is 0. The number of anilines is 1. The molecule has 0 aliphatic rings. The van der Waals surface area contributed by atoms with Crippen molar-refractivity contribution in [2.75, 3.05) is 19.5 Å². The van der Waals surface area contributed by atoms with E-state index in [9.17, 15) is 4.79 Å². The Balaban J connectivity index is 2.25. The maximum Gasteiger partial charge on any atom is 0.278 e. The Morgan fingerprint density at radius 2 is 2.00 bits per heavy atom. The molecule has 2 rings (SSSR count). The Morgan fingerprint density at radius 1 is 1.25 bits per heavy atom. The second-order valence-electron chi connectivity index (χ2n) is 4.23. The summed E-state index contributed by atoms with van der Waals surface area (Å²) in [6.45, 7) is 3.54. The number of carbonyl (C=O) groups excluding carboxylic acids is 1. The summed E-state index contributed by atoms with van der Waals surface area (Å²) < 4.78 is 15.3. The molecule has 1 aromatic carbocycles. The van der Waals surface area contributed by atoms with Crippen LogP contribution in [0, 0.1) is 13.8 Å². The number of hydrogen-bond donors (Lipinski definition) is 1. The first-order chi connectivity index (χ1) is 9.56. The van der Waals surface area contributed by atoms with Gasteiger partial charge < -0.3 is 19.3 Å². The number of carbonyl (C=O) groups is 1. The van der Waals surface area contributed by atoms with Crippen LogP contribution in [0.3, 0.4) is 0 Å². The first-order valence-electron chi connectivity index (χ1n) is 6.03. The molecule has 0 bridgehead atoms. The van der Waals surface area contributed by atoms with Crippen LogP contribution < -0.4 is 14.8 Å². The van der Waals surface area contributed by atoms with Crippen LogP contribution in [-0.4, -0.2) is 25.3 Å². The molecule has 0 saturated heterocycles. The molecule has 0 fully saturated rings. The Morgan fingerprint density at radius 3 is 2.55 bits per heavy atom. The van der Waals surface area contributed by atoms with Crippen LogP contribution in [-0.2, 0) is 0 Å². The first kappa shape index (κ1) is 13.9. The lowest BCUT2D eigenvalue weighted by Crippen LogP contribution is -2.14. The number of aromatic nitrogens is 1. The summed E-state index contributed by atoms with van der Waals surface area (Å²) >= 11 is 0. The molecule has 6 heteroatoms. The molecule has 0 unspecified atom stereocenters. The molecule has 1 amide bonds. The second-order valence-corrected chi connectivity index (χ2v) is 4.23. The molecule has 0 saturated carbocycles. The van der Waals surface area contributed by atoms with E-state index in [1.807, 2.05) is 0 Å². The van der Waals surface area contributed by atoms with Crippen LogP contribution >= 0.6 is 0 Å². The Hall–Kier alpha value is -2.50. The minimum Gasteiger partial charge on any atom is -0.497 e. The number of nitrogens with one attached hydrogen (secondary N) is 1. The highest BCUT2D eigenvalue weighted by Gasteiger charge is 2.18. The topological polar surface area (TPSA) is 73.6 Å². The van der Waals surface area contributed by atoms with E-state index in [-0.39, 0.29) is 11.6 Å². The summed E-state index contributed by atoms with van der Waals surface area (Å²) in [5.74, 6) is 1.43. The predicted octanol–water partition coefficient (Wildman–Crippen LogP) is 2.56. The van der Waals surface area contributed by atoms with Gasteiger partial charge in [0.15, 0.2) is 5.69 Å². The van der Waals surface area contributed by atoms with Crippen LogP contribution in [0.4, 0.5) is 5.69 Å². The quantitative estimate of drug-likeness (QED) is 0.929. The monoisotopic (exact) mass is 276 g/mol. The Bertz CT molecular complexity index is 634. The lowest BCUT2D eigenvalue weighted by molar-refractivity contribution is 0.101. The average Bonchev–Trinajstić information content (AvgIpc) is 2.79. The number of rotatable bonds is 4. The average molecular weight is 276 g/mol. The lowest BCUT2D eigenvalue weighted by atomic mass is 10.2. The maximum absolute atomic E-state index is 12.2. The molecule has 0 atom stereocenters. The van der Waals surface area contributed by atoms with Gasteiger partial charge in [0.2, 0.25) is 0 Å². The Kier molecular flexibility index (Phi) is 3.93. The van der Waals surface area contributed by atoms with E-state index in [0.29, 0.717) is 22.9 Å². The van der Waals surface area contributed by atoms with Crippen molar-refractivity contribution in [2.45, 2.75) is 13.8 Å². The molecule has 106 valence electrons. The molecule has 0 aliphatic carbocycles. The van der Waals surface area contributed by atoms with Gasteiger partial charge >= 0.3 is 0 Å². The van der Waals surface area contributed by atoms with E-state index in [4.69, 9.17) is 14.0 Å². The molecule has 0 radical (unpaired) electrons. The molecular formula is C14H16N2O4. The van der Waals surface area contributed by atoms with Gasteiger partial charge in [0.25, 0.3) is 5.91 Å². The van der Waals surface area contributed by atoms with Gasteiger partial charge in [0.1, 0.15) is 17.3 Å². The highest BCUT2D eigenvalue weighted by molar-refractivity contribution is 6.04. The van der Waals surface area contributed by atoms with Crippen molar-refractivity contribution in [1.29, 1.82) is 0 Å². The van der Waals surface area contributed by atoms with Crippen molar-refractivity contribution in [3.05, 3.63) is 35.2 Å². The van der Waals surface area contributed by atoms with Crippen LogP contribution in [0.5, 0.6) is 11.5 Å². The molecule has 1 aromatic heterocycles. The van der Waals surface area contributed by atoms with Crippen molar-refractivity contribution in [2.24, 2.45) is 0 Å². The minimum atomic E-state index is -0.345. The number of amides is 1. The molecule has 0 aliphatic heterocycles. The van der Waals surface area contributed by atoms with Gasteiger partial charge in [-0.1, -0.05) is 5.16 Å². The zero-order valence-corrected chi connectivity index (χ0v) is 11.8. The number of hydrogen-bond acceptors (Lipinski definition) is 5. The third kappa shape index (κ3) is 2.59. The van der Waals surface area contributed by atoms with Gasteiger partial charge in [0.05, 0.1) is 19.9 Å². The van der Waals surface area contributed by atoms with Crippen molar-refractivity contribution in [3.63, 3.8) is 0 Å². The summed E-state index contributed by atoms with van der Waals surface area (Å²) in [5.41, 5.74) is 1.52. The third-order valence-corrected chi connectivity index (χ3v) is 3.03. The highest BCUT2D eigenvalue weighted by Crippen LogP contribution is 2.29. The van der Waals surface area contributed by atoms with Crippen molar-refractivity contribution >= 4 is 11.6 Å². The normalized spacial score (nSPS) is 10.2. The van der Waals surface area contributed by atoms with Gasteiger partial charge in [-0.3, -0.25) is 4.79 Å². The molecule has 1 heterocycles. The number of methoxy groups -OCH3 is 2. The fraction of sp³-hybridized carbons (Fsp3) is 0.286. The van der Waals surface area contributed by atoms with Gasteiger partial charge in [-0.2, -0.15) is 0 Å². The first-order valence-corrected chi connectivity index (χ1v) is 6.03. The number of nitrogens with zero attached hydrogens (tertiary/aromatic N) is 1. The number of aryl methyl sites for hydroxylation is 1. The summed E-state index contributed by atoms with van der Waals surface area (Å²) in [6, 6.07) is 5.13. The number of benzene rings is 1. The van der Waals surface area contributed by atoms with Crippen LogP contribution in [0.1, 0.15) is 21.8 Å². The van der Waals surface area contributed by atoms with E-state index in [2.05, 4.69) is 10.5 Å². The van der Waals surface area contributed by atoms with Crippen molar-refractivity contribution in [1.82, 2.24) is 5.16 Å². The van der Waals surface area contributed by atoms with Crippen molar-refractivity contribution in [3.8, 4) is 11.5 Å². The molecule has 0 spiro atoms. The van der Waals surface area contributed by atoms with Gasteiger partial charge in [-0.15, -0.1) is 0 Å². The maximum atomic E-state index is 12.2. The minimum absolute atomic E-state index is 0.264. The summed E-state index contributed by atoms with van der Waals surface area (Å²) in [4.78, 5) is 12.2. The molecule has 2 aromatic rings. The lowest BCUT2D eigenvalue weighted by Gasteiger charge is -2.10. The standard InChI is InChI=1S/C14H16N2O4/c1-8-9(2)20-16-13(8)14(17)15-11-6-5-10(18-3)7-12(11)19-4/h5-7H,1-4H3,(H,15,17). The molecule has 1 N–H and O–H groups in total. The van der Waals surface area contributed by atoms with Gasteiger partial charge in [0, 0.05) is 11.6 Å². The van der Waals surface area contributed by atoms with E-state index in [1.165, 1.54) is 7.11 Å². The number of ether oxygens (including phenoxy) is 2. The Labute approximate surface area is 116 Å². The van der Waals surface area contributed by atoms with Gasteiger partial charge in [-0.05, 0) is 26.0 Å². The van der Waals surface area contributed by atoms with Crippen LogP contribution in [0.25, 0.3) is 0 Å². The van der Waals surface area contributed by atoms with Gasteiger partial charge in [-0.25, -0.2) is 0 Å². The van der Waals surface area contributed by atoms with Crippen LogP contribution in [0.15, 0.2) is 22.7 Å². The van der Waals surface area contributed by atoms with E-state index in [0.717, 1.165) is 5.56 Å². The zero-order chi connectivity index (χ0) is 14.7.